The molecule has 0 radical (unpaired) electrons. The zero-order chi connectivity index (χ0) is 15.1. The summed E-state index contributed by atoms with van der Waals surface area (Å²) in [5, 5.41) is 10.1. The minimum atomic E-state index is -1.60. The van der Waals surface area contributed by atoms with Gasteiger partial charge >= 0.3 is 0 Å². The highest BCUT2D eigenvalue weighted by molar-refractivity contribution is 7.05. The van der Waals surface area contributed by atoms with Crippen molar-refractivity contribution in [3.8, 4) is 0 Å². The Morgan fingerprint density at radius 2 is 1.59 bits per heavy atom. The molecule has 0 fully saturated rings. The second kappa shape index (κ2) is 3.76. The number of aromatic nitrogens is 1. The Balaban J connectivity index is 2.25. The summed E-state index contributed by atoms with van der Waals surface area (Å²) in [5.41, 5.74) is 2.51. The van der Waals surface area contributed by atoms with Gasteiger partial charge in [-0.2, -0.15) is 0 Å². The van der Waals surface area contributed by atoms with Crippen molar-refractivity contribution in [1.82, 2.24) is 4.98 Å². The highest BCUT2D eigenvalue weighted by Crippen LogP contribution is 2.37. The fourth-order valence-electron chi connectivity index (χ4n) is 4.28. The predicted octanol–water partition coefficient (Wildman–Crippen LogP) is 3.99. The molecule has 1 aliphatic heterocycles. The first-order valence-corrected chi connectivity index (χ1v) is 10.8. The van der Waals surface area contributed by atoms with Crippen LogP contribution in [0.4, 0.5) is 0 Å². The zero-order valence-electron chi connectivity index (χ0n) is 13.1. The van der Waals surface area contributed by atoms with Crippen molar-refractivity contribution in [3.63, 3.8) is 0 Å². The standard InChI is InChI=1S/C20H17NSi/c1-12-10-15-13-7-5-9-21-20(13)14-6-4-8-16-18(14)19(15)17(11-12)22(16,2)3/h4-11H,1-3H3. The Morgan fingerprint density at radius 1 is 0.818 bits per heavy atom. The normalized spacial score (nSPS) is 15.4. The lowest BCUT2D eigenvalue weighted by Gasteiger charge is -2.19. The monoisotopic (exact) mass is 299 g/mol. The SMILES string of the molecule is Cc1cc2c3c(c1)c1cccnc1c1cccc(c13)[Si]2(C)C. The number of benzene rings is 3. The van der Waals surface area contributed by atoms with Gasteiger partial charge in [-0.1, -0.05) is 55.1 Å². The Labute approximate surface area is 130 Å². The van der Waals surface area contributed by atoms with Crippen molar-refractivity contribution in [2.75, 3.05) is 0 Å². The molecule has 0 saturated carbocycles. The summed E-state index contributed by atoms with van der Waals surface area (Å²) < 4.78 is 0. The maximum Gasteiger partial charge on any atom is 0.113 e. The number of nitrogens with zero attached hydrogens (tertiary/aromatic N) is 1. The van der Waals surface area contributed by atoms with Crippen LogP contribution in [0.15, 0.2) is 48.7 Å². The van der Waals surface area contributed by atoms with E-state index in [2.05, 4.69) is 62.5 Å². The molecule has 0 spiro atoms. The third kappa shape index (κ3) is 1.28. The molecule has 106 valence electrons. The van der Waals surface area contributed by atoms with E-state index in [9.17, 15) is 0 Å². The van der Waals surface area contributed by atoms with Crippen LogP contribution in [0.3, 0.4) is 0 Å². The Hall–Kier alpha value is -2.19. The van der Waals surface area contributed by atoms with Crippen LogP contribution >= 0.6 is 0 Å². The molecule has 0 N–H and O–H groups in total. The van der Waals surface area contributed by atoms with Gasteiger partial charge in [-0.15, -0.1) is 0 Å². The number of hydrogen-bond acceptors (Lipinski definition) is 1. The summed E-state index contributed by atoms with van der Waals surface area (Å²) >= 11 is 0. The first-order valence-electron chi connectivity index (χ1n) is 7.84. The largest absolute Gasteiger partial charge is 0.256 e. The van der Waals surface area contributed by atoms with Gasteiger partial charge in [0.2, 0.25) is 0 Å². The molecule has 0 saturated heterocycles. The van der Waals surface area contributed by atoms with E-state index in [-0.39, 0.29) is 0 Å². The van der Waals surface area contributed by atoms with E-state index >= 15 is 0 Å². The Morgan fingerprint density at radius 3 is 2.45 bits per heavy atom. The second-order valence-corrected chi connectivity index (χ2v) is 11.3. The number of pyridine rings is 1. The topological polar surface area (TPSA) is 12.9 Å². The molecule has 0 amide bonds. The van der Waals surface area contributed by atoms with E-state index < -0.39 is 8.07 Å². The van der Waals surface area contributed by atoms with Gasteiger partial charge in [0, 0.05) is 17.0 Å². The average molecular weight is 299 g/mol. The molecular formula is C20H17NSi. The predicted molar refractivity (Wildman–Crippen MR) is 98.2 cm³/mol. The summed E-state index contributed by atoms with van der Waals surface area (Å²) in [7, 11) is -1.60. The van der Waals surface area contributed by atoms with Crippen molar-refractivity contribution in [1.29, 1.82) is 0 Å². The molecule has 1 aliphatic rings. The molecule has 1 nitrogen and oxygen atoms in total. The molecule has 0 atom stereocenters. The first kappa shape index (κ1) is 12.4. The van der Waals surface area contributed by atoms with Crippen LogP contribution < -0.4 is 10.4 Å². The summed E-state index contributed by atoms with van der Waals surface area (Å²) in [6.07, 6.45) is 1.91. The highest BCUT2D eigenvalue weighted by atomic mass is 28.3. The lowest BCUT2D eigenvalue weighted by molar-refractivity contribution is 1.43. The zero-order valence-corrected chi connectivity index (χ0v) is 14.1. The van der Waals surface area contributed by atoms with Crippen LogP contribution in [-0.2, 0) is 0 Å². The van der Waals surface area contributed by atoms with E-state index in [0.29, 0.717) is 0 Å². The fraction of sp³-hybridized carbons (Fsp3) is 0.150. The number of rotatable bonds is 0. The van der Waals surface area contributed by atoms with Crippen molar-refractivity contribution >= 4 is 50.9 Å². The van der Waals surface area contributed by atoms with Gasteiger partial charge in [-0.05, 0) is 39.5 Å². The molecule has 0 bridgehead atoms. The maximum absolute atomic E-state index is 4.72. The van der Waals surface area contributed by atoms with Crippen LogP contribution in [0.1, 0.15) is 5.56 Å². The molecule has 1 aromatic heterocycles. The van der Waals surface area contributed by atoms with E-state index in [4.69, 9.17) is 4.98 Å². The lowest BCUT2D eigenvalue weighted by atomic mass is 9.96. The third-order valence-corrected chi connectivity index (χ3v) is 8.80. The minimum absolute atomic E-state index is 1.15. The van der Waals surface area contributed by atoms with E-state index in [0.717, 1.165) is 5.52 Å². The van der Waals surface area contributed by atoms with Crippen molar-refractivity contribution in [3.05, 3.63) is 54.2 Å². The Kier molecular flexibility index (Phi) is 2.11. The molecule has 22 heavy (non-hydrogen) atoms. The van der Waals surface area contributed by atoms with E-state index in [1.165, 1.54) is 32.5 Å². The molecule has 2 heteroatoms. The van der Waals surface area contributed by atoms with Crippen LogP contribution in [0, 0.1) is 6.92 Å². The quantitative estimate of drug-likeness (QED) is 0.353. The lowest BCUT2D eigenvalue weighted by Crippen LogP contribution is -2.49. The van der Waals surface area contributed by atoms with Crippen LogP contribution in [-0.4, -0.2) is 13.1 Å². The molecule has 0 unspecified atom stereocenters. The molecule has 5 rings (SSSR count). The molecule has 0 aliphatic carbocycles. The van der Waals surface area contributed by atoms with Crippen molar-refractivity contribution in [2.45, 2.75) is 20.0 Å². The molecule has 4 aromatic rings. The van der Waals surface area contributed by atoms with Crippen LogP contribution in [0.25, 0.3) is 32.4 Å². The van der Waals surface area contributed by atoms with Gasteiger partial charge in [-0.25, -0.2) is 0 Å². The second-order valence-electron chi connectivity index (χ2n) is 6.99. The van der Waals surface area contributed by atoms with Crippen LogP contribution in [0.2, 0.25) is 13.1 Å². The van der Waals surface area contributed by atoms with Gasteiger partial charge < -0.3 is 0 Å². The maximum atomic E-state index is 4.72. The highest BCUT2D eigenvalue weighted by Gasteiger charge is 2.36. The Bertz CT molecular complexity index is 1110. The number of fused-ring (bicyclic) bond motifs is 3. The van der Waals surface area contributed by atoms with E-state index in [1.54, 1.807) is 10.4 Å². The minimum Gasteiger partial charge on any atom is -0.256 e. The van der Waals surface area contributed by atoms with Gasteiger partial charge in [0.1, 0.15) is 8.07 Å². The summed E-state index contributed by atoms with van der Waals surface area (Å²) in [5.74, 6) is 0. The van der Waals surface area contributed by atoms with Crippen LogP contribution in [0.5, 0.6) is 0 Å². The summed E-state index contributed by atoms with van der Waals surface area (Å²) in [4.78, 5) is 4.72. The number of hydrogen-bond donors (Lipinski definition) is 0. The first-order chi connectivity index (χ1) is 10.6. The van der Waals surface area contributed by atoms with E-state index in [1.807, 2.05) is 6.20 Å². The van der Waals surface area contributed by atoms with Crippen molar-refractivity contribution < 1.29 is 0 Å². The summed E-state index contributed by atoms with van der Waals surface area (Å²) in [6, 6.07) is 15.8. The smallest absolute Gasteiger partial charge is 0.113 e. The van der Waals surface area contributed by atoms with Gasteiger partial charge in [0.05, 0.1) is 5.52 Å². The third-order valence-electron chi connectivity index (χ3n) is 5.30. The van der Waals surface area contributed by atoms with Crippen molar-refractivity contribution in [2.24, 2.45) is 0 Å². The van der Waals surface area contributed by atoms with Gasteiger partial charge in [-0.3, -0.25) is 4.98 Å². The average Bonchev–Trinajstić information content (AvgIpc) is 2.75. The molecular weight excluding hydrogens is 282 g/mol. The molecule has 3 aromatic carbocycles. The summed E-state index contributed by atoms with van der Waals surface area (Å²) in [6.45, 7) is 7.18. The molecule has 2 heterocycles. The number of aryl methyl sites for hydroxylation is 1. The van der Waals surface area contributed by atoms with Gasteiger partial charge in [0.15, 0.2) is 0 Å². The fourth-order valence-corrected chi connectivity index (χ4v) is 7.44. The van der Waals surface area contributed by atoms with Gasteiger partial charge in [0.25, 0.3) is 0 Å².